The van der Waals surface area contributed by atoms with E-state index in [4.69, 9.17) is 0 Å². The zero-order valence-electron chi connectivity index (χ0n) is 14.7. The van der Waals surface area contributed by atoms with E-state index >= 15 is 0 Å². The van der Waals surface area contributed by atoms with Crippen molar-refractivity contribution in [2.75, 3.05) is 19.6 Å². The molecule has 2 N–H and O–H groups in total. The molecule has 1 fully saturated rings. The van der Waals surface area contributed by atoms with Gasteiger partial charge < -0.3 is 15.5 Å². The van der Waals surface area contributed by atoms with Gasteiger partial charge in [-0.05, 0) is 37.0 Å². The van der Waals surface area contributed by atoms with E-state index in [0.29, 0.717) is 25.2 Å². The molecular formula is C20H24N4O2. The van der Waals surface area contributed by atoms with Crippen molar-refractivity contribution >= 4 is 11.9 Å². The molecule has 1 aromatic heterocycles. The molecule has 0 saturated carbocycles. The van der Waals surface area contributed by atoms with E-state index in [-0.39, 0.29) is 18.0 Å². The number of nitrogens with one attached hydrogen (secondary N) is 2. The average molecular weight is 352 g/mol. The molecule has 3 rings (SSSR count). The fourth-order valence-electron chi connectivity index (χ4n) is 3.07. The maximum absolute atomic E-state index is 12.3. The van der Waals surface area contributed by atoms with E-state index in [0.717, 1.165) is 19.3 Å². The van der Waals surface area contributed by atoms with E-state index in [2.05, 4.69) is 27.8 Å². The largest absolute Gasteiger partial charge is 0.349 e. The molecule has 1 saturated heterocycles. The summed E-state index contributed by atoms with van der Waals surface area (Å²) in [5, 5.41) is 6.01. The third-order valence-corrected chi connectivity index (χ3v) is 4.59. The molecule has 26 heavy (non-hydrogen) atoms. The van der Waals surface area contributed by atoms with Gasteiger partial charge in [-0.1, -0.05) is 30.3 Å². The molecule has 3 amide bonds. The van der Waals surface area contributed by atoms with Gasteiger partial charge in [-0.15, -0.1) is 0 Å². The molecular weight excluding hydrogens is 328 g/mol. The van der Waals surface area contributed by atoms with Gasteiger partial charge in [-0.3, -0.25) is 9.78 Å². The number of carbonyl (C=O) groups is 2. The Hall–Kier alpha value is -2.89. The number of piperidine rings is 1. The molecule has 6 nitrogen and oxygen atoms in total. The van der Waals surface area contributed by atoms with Crippen LogP contribution in [0.1, 0.15) is 28.8 Å². The monoisotopic (exact) mass is 352 g/mol. The Morgan fingerprint density at radius 1 is 1.04 bits per heavy atom. The first-order valence-corrected chi connectivity index (χ1v) is 9.00. The molecule has 0 unspecified atom stereocenters. The summed E-state index contributed by atoms with van der Waals surface area (Å²) in [5.41, 5.74) is 1.83. The lowest BCUT2D eigenvalue weighted by molar-refractivity contribution is 0.0918. The van der Waals surface area contributed by atoms with Crippen LogP contribution >= 0.6 is 0 Å². The zero-order valence-corrected chi connectivity index (χ0v) is 14.7. The van der Waals surface area contributed by atoms with E-state index in [1.807, 2.05) is 23.1 Å². The first-order chi connectivity index (χ1) is 12.7. The summed E-state index contributed by atoms with van der Waals surface area (Å²) in [6.07, 6.45) is 5.57. The number of hydrogen-bond acceptors (Lipinski definition) is 3. The normalized spacial score (nSPS) is 14.7. The number of pyridine rings is 1. The molecule has 1 aliphatic rings. The number of aromatic nitrogens is 1. The molecule has 2 aromatic rings. The second-order valence-corrected chi connectivity index (χ2v) is 6.44. The minimum atomic E-state index is -0.0850. The van der Waals surface area contributed by atoms with Crippen molar-refractivity contribution in [2.45, 2.75) is 25.3 Å². The van der Waals surface area contributed by atoms with Crippen LogP contribution in [0.4, 0.5) is 4.79 Å². The summed E-state index contributed by atoms with van der Waals surface area (Å²) in [5.74, 6) is -0.0850. The first-order valence-electron chi connectivity index (χ1n) is 9.00. The number of rotatable bonds is 5. The van der Waals surface area contributed by atoms with E-state index < -0.39 is 0 Å². The highest BCUT2D eigenvalue weighted by atomic mass is 16.2. The van der Waals surface area contributed by atoms with Crippen LogP contribution in [0.5, 0.6) is 0 Å². The van der Waals surface area contributed by atoms with E-state index in [1.54, 1.807) is 24.5 Å². The number of benzene rings is 1. The maximum atomic E-state index is 12.3. The van der Waals surface area contributed by atoms with Crippen molar-refractivity contribution < 1.29 is 9.59 Å². The molecule has 1 aliphatic heterocycles. The fourth-order valence-corrected chi connectivity index (χ4v) is 3.07. The minimum absolute atomic E-state index is 0.0279. The zero-order chi connectivity index (χ0) is 18.2. The topological polar surface area (TPSA) is 74.3 Å². The minimum Gasteiger partial charge on any atom is -0.349 e. The van der Waals surface area contributed by atoms with Gasteiger partial charge in [-0.25, -0.2) is 4.79 Å². The molecule has 0 aliphatic carbocycles. The molecule has 0 atom stereocenters. The average Bonchev–Trinajstić information content (AvgIpc) is 2.70. The third kappa shape index (κ3) is 5.05. The highest BCUT2D eigenvalue weighted by molar-refractivity contribution is 5.94. The highest BCUT2D eigenvalue weighted by Gasteiger charge is 2.23. The standard InChI is InChI=1S/C20H24N4O2/c25-19(17-7-11-21-12-8-17)23-18-9-14-24(15-10-18)20(26)22-13-6-16-4-2-1-3-5-16/h1-5,7-8,11-12,18H,6,9-10,13-15H2,(H,22,26)(H,23,25). The Bertz CT molecular complexity index is 713. The van der Waals surface area contributed by atoms with Crippen LogP contribution in [-0.4, -0.2) is 47.5 Å². The third-order valence-electron chi connectivity index (χ3n) is 4.59. The summed E-state index contributed by atoms with van der Waals surface area (Å²) < 4.78 is 0. The van der Waals surface area contributed by atoms with Crippen LogP contribution in [0.25, 0.3) is 0 Å². The Morgan fingerprint density at radius 2 is 1.73 bits per heavy atom. The summed E-state index contributed by atoms with van der Waals surface area (Å²) in [6.45, 7) is 1.93. The number of carbonyl (C=O) groups excluding carboxylic acids is 2. The van der Waals surface area contributed by atoms with Gasteiger partial charge in [0.1, 0.15) is 0 Å². The summed E-state index contributed by atoms with van der Waals surface area (Å²) in [4.78, 5) is 30.2. The summed E-state index contributed by atoms with van der Waals surface area (Å²) in [7, 11) is 0. The van der Waals surface area contributed by atoms with Crippen LogP contribution in [0.2, 0.25) is 0 Å². The SMILES string of the molecule is O=C(NC1CCN(C(=O)NCCc2ccccc2)CC1)c1ccncc1. The van der Waals surface area contributed by atoms with Crippen molar-refractivity contribution in [3.8, 4) is 0 Å². The van der Waals surface area contributed by atoms with Crippen molar-refractivity contribution in [3.63, 3.8) is 0 Å². The van der Waals surface area contributed by atoms with Gasteiger partial charge in [0.05, 0.1) is 0 Å². The lowest BCUT2D eigenvalue weighted by Crippen LogP contribution is -2.49. The molecule has 0 spiro atoms. The molecule has 6 heteroatoms. The van der Waals surface area contributed by atoms with Gasteiger partial charge in [0.25, 0.3) is 5.91 Å². The number of hydrogen-bond donors (Lipinski definition) is 2. The number of amides is 3. The Morgan fingerprint density at radius 3 is 2.42 bits per heavy atom. The first kappa shape index (κ1) is 17.9. The molecule has 136 valence electrons. The molecule has 2 heterocycles. The van der Waals surface area contributed by atoms with Crippen LogP contribution in [-0.2, 0) is 6.42 Å². The van der Waals surface area contributed by atoms with Gasteiger partial charge in [-0.2, -0.15) is 0 Å². The van der Waals surface area contributed by atoms with Crippen LogP contribution in [0, 0.1) is 0 Å². The van der Waals surface area contributed by atoms with Crippen molar-refractivity contribution in [1.29, 1.82) is 0 Å². The Balaban J connectivity index is 1.37. The molecule has 0 bridgehead atoms. The maximum Gasteiger partial charge on any atom is 0.317 e. The van der Waals surface area contributed by atoms with Gasteiger partial charge >= 0.3 is 6.03 Å². The van der Waals surface area contributed by atoms with Crippen molar-refractivity contribution in [2.24, 2.45) is 0 Å². The molecule has 0 radical (unpaired) electrons. The summed E-state index contributed by atoms with van der Waals surface area (Å²) in [6, 6.07) is 13.6. The fraction of sp³-hybridized carbons (Fsp3) is 0.350. The van der Waals surface area contributed by atoms with Crippen LogP contribution in [0.15, 0.2) is 54.9 Å². The highest BCUT2D eigenvalue weighted by Crippen LogP contribution is 2.11. The number of likely N-dealkylation sites (tertiary alicyclic amines) is 1. The Kier molecular flexibility index (Phi) is 6.19. The summed E-state index contributed by atoms with van der Waals surface area (Å²) >= 11 is 0. The smallest absolute Gasteiger partial charge is 0.317 e. The van der Waals surface area contributed by atoms with Crippen LogP contribution in [0.3, 0.4) is 0 Å². The lowest BCUT2D eigenvalue weighted by Gasteiger charge is -2.32. The van der Waals surface area contributed by atoms with Crippen LogP contribution < -0.4 is 10.6 Å². The quantitative estimate of drug-likeness (QED) is 0.867. The lowest BCUT2D eigenvalue weighted by atomic mass is 10.0. The number of nitrogens with zero attached hydrogens (tertiary/aromatic N) is 2. The second kappa shape index (κ2) is 8.99. The van der Waals surface area contributed by atoms with Crippen molar-refractivity contribution in [3.05, 3.63) is 66.0 Å². The number of urea groups is 1. The van der Waals surface area contributed by atoms with Crippen molar-refractivity contribution in [1.82, 2.24) is 20.5 Å². The predicted molar refractivity (Wildman–Crippen MR) is 99.8 cm³/mol. The molecule has 1 aromatic carbocycles. The predicted octanol–water partition coefficient (Wildman–Crippen LogP) is 2.23. The second-order valence-electron chi connectivity index (χ2n) is 6.44. The van der Waals surface area contributed by atoms with Gasteiger partial charge in [0.2, 0.25) is 0 Å². The van der Waals surface area contributed by atoms with E-state index in [1.165, 1.54) is 5.56 Å². The van der Waals surface area contributed by atoms with E-state index in [9.17, 15) is 9.59 Å². The van der Waals surface area contributed by atoms with Gasteiger partial charge in [0.15, 0.2) is 0 Å². The Labute approximate surface area is 153 Å². The van der Waals surface area contributed by atoms with Gasteiger partial charge in [0, 0.05) is 43.6 Å².